The van der Waals surface area contributed by atoms with Gasteiger partial charge >= 0.3 is 0 Å². The Labute approximate surface area is 128 Å². The van der Waals surface area contributed by atoms with Crippen LogP contribution in [0.5, 0.6) is 0 Å². The average molecular weight is 296 g/mol. The molecule has 0 radical (unpaired) electrons. The van der Waals surface area contributed by atoms with Crippen LogP contribution in [0.4, 0.5) is 0 Å². The normalized spacial score (nSPS) is 13.6. The molecule has 4 heteroatoms. The molecule has 0 atom stereocenters. The van der Waals surface area contributed by atoms with E-state index in [1.165, 1.54) is 5.56 Å². The fraction of sp³-hybridized carbons (Fsp3) is 0.235. The van der Waals surface area contributed by atoms with Gasteiger partial charge in [0.1, 0.15) is 10.8 Å². The predicted octanol–water partition coefficient (Wildman–Crippen LogP) is 4.14. The summed E-state index contributed by atoms with van der Waals surface area (Å²) in [6.45, 7) is 2.09. The van der Waals surface area contributed by atoms with Crippen molar-refractivity contribution >= 4 is 22.5 Å². The van der Waals surface area contributed by atoms with E-state index in [0.29, 0.717) is 11.0 Å². The minimum atomic E-state index is 0.583. The average Bonchev–Trinajstić information content (AvgIpc) is 2.96. The molecule has 1 aliphatic rings. The number of benzene rings is 1. The van der Waals surface area contributed by atoms with Gasteiger partial charge in [0.2, 0.25) is 0 Å². The molecular formula is C17H14ClN3. The van der Waals surface area contributed by atoms with Crippen LogP contribution in [0.1, 0.15) is 23.2 Å². The van der Waals surface area contributed by atoms with Gasteiger partial charge in [-0.25, -0.2) is 15.0 Å². The van der Waals surface area contributed by atoms with Crippen LogP contribution in [-0.2, 0) is 12.8 Å². The summed E-state index contributed by atoms with van der Waals surface area (Å²) in [6, 6.07) is 10.2. The molecule has 2 aromatic heterocycles. The van der Waals surface area contributed by atoms with Gasteiger partial charge in [-0.05, 0) is 43.9 Å². The Balaban J connectivity index is 1.93. The second-order valence-corrected chi connectivity index (χ2v) is 5.82. The van der Waals surface area contributed by atoms with Crippen molar-refractivity contribution in [2.75, 3.05) is 0 Å². The Hall–Kier alpha value is -2.00. The summed E-state index contributed by atoms with van der Waals surface area (Å²) in [5.74, 6) is 0.634. The summed E-state index contributed by atoms with van der Waals surface area (Å²) in [6.07, 6.45) is 3.08. The quantitative estimate of drug-likeness (QED) is 0.633. The highest BCUT2D eigenvalue weighted by Gasteiger charge is 2.19. The van der Waals surface area contributed by atoms with E-state index in [0.717, 1.165) is 47.1 Å². The molecule has 21 heavy (non-hydrogen) atoms. The highest BCUT2D eigenvalue weighted by atomic mass is 35.5. The summed E-state index contributed by atoms with van der Waals surface area (Å²) in [7, 11) is 0. The van der Waals surface area contributed by atoms with Crippen molar-refractivity contribution in [1.29, 1.82) is 0 Å². The van der Waals surface area contributed by atoms with Crippen LogP contribution >= 0.6 is 11.6 Å². The largest absolute Gasteiger partial charge is 0.244 e. The number of hydrogen-bond acceptors (Lipinski definition) is 3. The fourth-order valence-electron chi connectivity index (χ4n) is 2.97. The number of para-hydroxylation sites is 1. The van der Waals surface area contributed by atoms with E-state index in [4.69, 9.17) is 11.6 Å². The smallest absolute Gasteiger partial charge is 0.179 e. The van der Waals surface area contributed by atoms with Gasteiger partial charge in [-0.3, -0.25) is 0 Å². The Bertz CT molecular complexity index is 858. The van der Waals surface area contributed by atoms with E-state index in [9.17, 15) is 0 Å². The fourth-order valence-corrected chi connectivity index (χ4v) is 3.25. The van der Waals surface area contributed by atoms with E-state index in [1.54, 1.807) is 0 Å². The molecule has 0 saturated carbocycles. The maximum atomic E-state index is 6.30. The number of pyridine rings is 1. The molecule has 1 aromatic carbocycles. The molecule has 3 aromatic rings. The Morgan fingerprint density at radius 1 is 1.05 bits per heavy atom. The molecule has 0 N–H and O–H groups in total. The van der Waals surface area contributed by atoms with Crippen molar-refractivity contribution < 1.29 is 0 Å². The van der Waals surface area contributed by atoms with Gasteiger partial charge in [0.05, 0.1) is 5.52 Å². The van der Waals surface area contributed by atoms with E-state index in [2.05, 4.69) is 27.9 Å². The molecule has 0 fully saturated rings. The predicted molar refractivity (Wildman–Crippen MR) is 84.5 cm³/mol. The van der Waals surface area contributed by atoms with Gasteiger partial charge < -0.3 is 0 Å². The van der Waals surface area contributed by atoms with Crippen molar-refractivity contribution in [3.05, 3.63) is 52.3 Å². The molecular weight excluding hydrogens is 282 g/mol. The number of hydrogen-bond donors (Lipinski definition) is 0. The van der Waals surface area contributed by atoms with Crippen LogP contribution < -0.4 is 0 Å². The maximum Gasteiger partial charge on any atom is 0.179 e. The second kappa shape index (κ2) is 4.78. The number of nitrogens with zero attached hydrogens (tertiary/aromatic N) is 3. The zero-order valence-corrected chi connectivity index (χ0v) is 12.5. The molecule has 1 aliphatic carbocycles. The van der Waals surface area contributed by atoms with Crippen LogP contribution in [0.15, 0.2) is 30.3 Å². The lowest BCUT2D eigenvalue weighted by Crippen LogP contribution is -1.99. The minimum absolute atomic E-state index is 0.583. The van der Waals surface area contributed by atoms with Gasteiger partial charge in [0, 0.05) is 16.6 Å². The SMILES string of the molecule is Cc1cc(-c2nc(Cl)c3c(n2)CCC3)nc2ccccc12. The molecule has 0 spiro atoms. The van der Waals surface area contributed by atoms with Crippen LogP contribution in [0, 0.1) is 6.92 Å². The van der Waals surface area contributed by atoms with E-state index < -0.39 is 0 Å². The highest BCUT2D eigenvalue weighted by molar-refractivity contribution is 6.30. The van der Waals surface area contributed by atoms with Crippen LogP contribution in [0.2, 0.25) is 5.15 Å². The molecule has 0 bridgehead atoms. The summed E-state index contributed by atoms with van der Waals surface area (Å²) >= 11 is 6.30. The number of aryl methyl sites for hydroxylation is 2. The zero-order valence-electron chi connectivity index (χ0n) is 11.7. The van der Waals surface area contributed by atoms with E-state index >= 15 is 0 Å². The van der Waals surface area contributed by atoms with Crippen molar-refractivity contribution in [2.45, 2.75) is 26.2 Å². The van der Waals surface area contributed by atoms with Crippen LogP contribution in [-0.4, -0.2) is 15.0 Å². The lowest BCUT2D eigenvalue weighted by Gasteiger charge is -2.08. The molecule has 0 amide bonds. The van der Waals surface area contributed by atoms with Crippen molar-refractivity contribution in [3.63, 3.8) is 0 Å². The summed E-state index contributed by atoms with van der Waals surface area (Å²) in [5, 5.41) is 1.74. The van der Waals surface area contributed by atoms with Gasteiger partial charge in [0.25, 0.3) is 0 Å². The van der Waals surface area contributed by atoms with Gasteiger partial charge in [-0.2, -0.15) is 0 Å². The molecule has 0 unspecified atom stereocenters. The van der Waals surface area contributed by atoms with Gasteiger partial charge in [-0.1, -0.05) is 29.8 Å². The lowest BCUT2D eigenvalue weighted by atomic mass is 10.1. The Kier molecular flexibility index (Phi) is 2.89. The third kappa shape index (κ3) is 2.09. The van der Waals surface area contributed by atoms with Crippen LogP contribution in [0.3, 0.4) is 0 Å². The number of fused-ring (bicyclic) bond motifs is 2. The number of rotatable bonds is 1. The van der Waals surface area contributed by atoms with Gasteiger partial charge in [0.15, 0.2) is 5.82 Å². The first-order valence-electron chi connectivity index (χ1n) is 7.14. The van der Waals surface area contributed by atoms with E-state index in [-0.39, 0.29) is 0 Å². The topological polar surface area (TPSA) is 38.7 Å². The van der Waals surface area contributed by atoms with E-state index in [1.807, 2.05) is 24.3 Å². The molecule has 104 valence electrons. The van der Waals surface area contributed by atoms with Crippen molar-refractivity contribution in [2.24, 2.45) is 0 Å². The number of halogens is 1. The number of aromatic nitrogens is 3. The molecule has 4 rings (SSSR count). The molecule has 0 aliphatic heterocycles. The molecule has 3 nitrogen and oxygen atoms in total. The first-order chi connectivity index (χ1) is 10.2. The summed E-state index contributed by atoms with van der Waals surface area (Å²) in [4.78, 5) is 13.8. The highest BCUT2D eigenvalue weighted by Crippen LogP contribution is 2.29. The third-order valence-electron chi connectivity index (χ3n) is 4.03. The second-order valence-electron chi connectivity index (χ2n) is 5.46. The Morgan fingerprint density at radius 3 is 2.81 bits per heavy atom. The maximum absolute atomic E-state index is 6.30. The van der Waals surface area contributed by atoms with Gasteiger partial charge in [-0.15, -0.1) is 0 Å². The van der Waals surface area contributed by atoms with Crippen LogP contribution in [0.25, 0.3) is 22.4 Å². The van der Waals surface area contributed by atoms with Crippen molar-refractivity contribution in [1.82, 2.24) is 15.0 Å². The summed E-state index contributed by atoms with van der Waals surface area (Å²) in [5.41, 5.74) is 5.13. The first kappa shape index (κ1) is 12.7. The zero-order chi connectivity index (χ0) is 14.4. The molecule has 2 heterocycles. The third-order valence-corrected chi connectivity index (χ3v) is 4.35. The standard InChI is InChI=1S/C17H14ClN3/c1-10-9-15(19-13-7-3-2-5-11(10)13)17-20-14-8-4-6-12(14)16(18)21-17/h2-3,5,7,9H,4,6,8H2,1H3. The molecule has 0 saturated heterocycles. The lowest BCUT2D eigenvalue weighted by molar-refractivity contribution is 0.899. The van der Waals surface area contributed by atoms with Crippen molar-refractivity contribution in [3.8, 4) is 11.5 Å². The minimum Gasteiger partial charge on any atom is -0.244 e. The Morgan fingerprint density at radius 2 is 1.90 bits per heavy atom. The summed E-state index contributed by atoms with van der Waals surface area (Å²) < 4.78 is 0. The first-order valence-corrected chi connectivity index (χ1v) is 7.52. The monoisotopic (exact) mass is 295 g/mol.